The van der Waals surface area contributed by atoms with Crippen molar-refractivity contribution in [2.45, 2.75) is 33.2 Å². The summed E-state index contributed by atoms with van der Waals surface area (Å²) in [4.78, 5) is 23.9. The summed E-state index contributed by atoms with van der Waals surface area (Å²) >= 11 is 1.11. The first kappa shape index (κ1) is 16.3. The Balaban J connectivity index is 3.25. The summed E-state index contributed by atoms with van der Waals surface area (Å²) in [6.45, 7) is 5.94. The monoisotopic (exact) mass is 300 g/mol. The minimum Gasteiger partial charge on any atom is -0.465 e. The van der Waals surface area contributed by atoms with E-state index in [2.05, 4.69) is 10.1 Å². The van der Waals surface area contributed by atoms with E-state index >= 15 is 0 Å². The summed E-state index contributed by atoms with van der Waals surface area (Å²) in [5.74, 6) is -1.10. The predicted octanol–water partition coefficient (Wildman–Crippen LogP) is 2.50. The first-order chi connectivity index (χ1) is 9.46. The lowest BCUT2D eigenvalue weighted by molar-refractivity contribution is 0.0529. The van der Waals surface area contributed by atoms with Gasteiger partial charge in [0.25, 0.3) is 0 Å². The molecule has 1 aromatic rings. The normalized spacial score (nSPS) is 11.8. The number of hydrogen-bond donors (Lipinski definition) is 2. The molecule has 0 saturated heterocycles. The third-order valence-corrected chi connectivity index (χ3v) is 3.90. The van der Waals surface area contributed by atoms with Crippen molar-refractivity contribution < 1.29 is 19.1 Å². The molecule has 0 saturated carbocycles. The van der Waals surface area contributed by atoms with Crippen LogP contribution in [-0.2, 0) is 9.47 Å². The van der Waals surface area contributed by atoms with Crippen molar-refractivity contribution >= 4 is 34.0 Å². The highest BCUT2D eigenvalue weighted by molar-refractivity contribution is 7.19. The topological polar surface area (TPSA) is 90.6 Å². The SMILES string of the molecule is CCOC(=O)c1c(NC(C)CC)sc(C(=O)OC)c1N. The van der Waals surface area contributed by atoms with Gasteiger partial charge in [-0.1, -0.05) is 6.92 Å². The van der Waals surface area contributed by atoms with Crippen molar-refractivity contribution in [3.8, 4) is 0 Å². The smallest absolute Gasteiger partial charge is 0.350 e. The summed E-state index contributed by atoms with van der Waals surface area (Å²) in [6, 6.07) is 0.145. The Labute approximate surface area is 122 Å². The fourth-order valence-electron chi connectivity index (χ4n) is 1.52. The fraction of sp³-hybridized carbons (Fsp3) is 0.538. The quantitative estimate of drug-likeness (QED) is 0.784. The molecule has 1 atom stereocenters. The van der Waals surface area contributed by atoms with Crippen molar-refractivity contribution in [3.05, 3.63) is 10.4 Å². The Kier molecular flexibility index (Phi) is 5.82. The van der Waals surface area contributed by atoms with Crippen LogP contribution in [0.3, 0.4) is 0 Å². The van der Waals surface area contributed by atoms with E-state index in [1.54, 1.807) is 6.92 Å². The molecule has 0 aliphatic carbocycles. The third kappa shape index (κ3) is 3.41. The predicted molar refractivity (Wildman–Crippen MR) is 79.4 cm³/mol. The first-order valence-corrected chi connectivity index (χ1v) is 7.22. The maximum Gasteiger partial charge on any atom is 0.350 e. The summed E-state index contributed by atoms with van der Waals surface area (Å²) in [5.41, 5.74) is 6.21. The fourth-order valence-corrected chi connectivity index (χ4v) is 2.66. The van der Waals surface area contributed by atoms with E-state index in [9.17, 15) is 9.59 Å². The molecule has 0 aromatic carbocycles. The molecule has 0 fully saturated rings. The summed E-state index contributed by atoms with van der Waals surface area (Å²) in [7, 11) is 1.27. The van der Waals surface area contributed by atoms with Gasteiger partial charge >= 0.3 is 11.9 Å². The highest BCUT2D eigenvalue weighted by Gasteiger charge is 2.27. The standard InChI is InChI=1S/C13H20N2O4S/c1-5-7(3)15-11-8(12(16)19-6-2)9(14)10(20-11)13(17)18-4/h7,15H,5-6,14H2,1-4H3. The van der Waals surface area contributed by atoms with E-state index in [-0.39, 0.29) is 28.8 Å². The Hall–Kier alpha value is -1.76. The van der Waals surface area contributed by atoms with Crippen LogP contribution in [0.25, 0.3) is 0 Å². The van der Waals surface area contributed by atoms with Crippen LogP contribution in [0, 0.1) is 0 Å². The van der Waals surface area contributed by atoms with Crippen LogP contribution in [0.2, 0.25) is 0 Å². The molecule has 1 heterocycles. The number of nitrogens with one attached hydrogen (secondary N) is 1. The lowest BCUT2D eigenvalue weighted by Crippen LogP contribution is -2.16. The van der Waals surface area contributed by atoms with E-state index < -0.39 is 11.9 Å². The minimum absolute atomic E-state index is 0.103. The molecule has 0 radical (unpaired) electrons. The number of methoxy groups -OCH3 is 1. The van der Waals surface area contributed by atoms with Crippen LogP contribution in [-0.4, -0.2) is 31.7 Å². The van der Waals surface area contributed by atoms with Crippen molar-refractivity contribution in [1.82, 2.24) is 0 Å². The van der Waals surface area contributed by atoms with Crippen LogP contribution in [0.4, 0.5) is 10.7 Å². The van der Waals surface area contributed by atoms with Gasteiger partial charge in [-0.2, -0.15) is 0 Å². The second kappa shape index (κ2) is 7.14. The molecule has 0 bridgehead atoms. The van der Waals surface area contributed by atoms with Gasteiger partial charge in [0.15, 0.2) is 0 Å². The maximum atomic E-state index is 12.0. The van der Waals surface area contributed by atoms with Crippen LogP contribution in [0.1, 0.15) is 47.2 Å². The van der Waals surface area contributed by atoms with Crippen molar-refractivity contribution in [2.75, 3.05) is 24.8 Å². The molecular weight excluding hydrogens is 280 g/mol. The molecule has 7 heteroatoms. The van der Waals surface area contributed by atoms with E-state index in [1.165, 1.54) is 7.11 Å². The van der Waals surface area contributed by atoms with Crippen molar-refractivity contribution in [3.63, 3.8) is 0 Å². The molecule has 1 rings (SSSR count). The number of nitrogen functional groups attached to an aromatic ring is 1. The summed E-state index contributed by atoms with van der Waals surface area (Å²) in [5, 5.41) is 3.71. The molecule has 0 spiro atoms. The molecule has 1 unspecified atom stereocenters. The highest BCUT2D eigenvalue weighted by atomic mass is 32.1. The maximum absolute atomic E-state index is 12.0. The van der Waals surface area contributed by atoms with Crippen LogP contribution < -0.4 is 11.1 Å². The Morgan fingerprint density at radius 3 is 2.50 bits per heavy atom. The summed E-state index contributed by atoms with van der Waals surface area (Å²) in [6.07, 6.45) is 0.869. The number of nitrogens with two attached hydrogens (primary N) is 1. The Bertz CT molecular complexity index is 499. The van der Waals surface area contributed by atoms with E-state index in [0.717, 1.165) is 17.8 Å². The number of carbonyl (C=O) groups excluding carboxylic acids is 2. The number of anilines is 2. The zero-order chi connectivity index (χ0) is 15.3. The molecule has 1 aromatic heterocycles. The van der Waals surface area contributed by atoms with Crippen LogP contribution in [0.15, 0.2) is 0 Å². The van der Waals surface area contributed by atoms with Crippen LogP contribution in [0.5, 0.6) is 0 Å². The van der Waals surface area contributed by atoms with Gasteiger partial charge in [0.2, 0.25) is 0 Å². The average molecular weight is 300 g/mol. The number of thiophene rings is 1. The lowest BCUT2D eigenvalue weighted by atomic mass is 10.2. The summed E-state index contributed by atoms with van der Waals surface area (Å²) < 4.78 is 9.65. The average Bonchev–Trinajstić information content (AvgIpc) is 2.74. The molecule has 0 aliphatic heterocycles. The van der Waals surface area contributed by atoms with E-state index in [0.29, 0.717) is 5.00 Å². The highest BCUT2D eigenvalue weighted by Crippen LogP contribution is 2.37. The van der Waals surface area contributed by atoms with Gasteiger partial charge in [0, 0.05) is 6.04 Å². The second-order valence-corrected chi connectivity index (χ2v) is 5.24. The number of rotatable bonds is 6. The van der Waals surface area contributed by atoms with Gasteiger partial charge < -0.3 is 20.5 Å². The number of ether oxygens (including phenoxy) is 2. The van der Waals surface area contributed by atoms with Crippen molar-refractivity contribution in [1.29, 1.82) is 0 Å². The lowest BCUT2D eigenvalue weighted by Gasteiger charge is -2.12. The molecule has 0 amide bonds. The van der Waals surface area contributed by atoms with Crippen molar-refractivity contribution in [2.24, 2.45) is 0 Å². The number of carbonyl (C=O) groups is 2. The number of hydrogen-bond acceptors (Lipinski definition) is 7. The minimum atomic E-state index is -0.560. The molecule has 0 aliphatic rings. The molecule has 20 heavy (non-hydrogen) atoms. The largest absolute Gasteiger partial charge is 0.465 e. The van der Waals surface area contributed by atoms with E-state index in [4.69, 9.17) is 10.5 Å². The van der Waals surface area contributed by atoms with Gasteiger partial charge in [0.1, 0.15) is 15.4 Å². The zero-order valence-electron chi connectivity index (χ0n) is 12.1. The number of esters is 2. The second-order valence-electron chi connectivity index (χ2n) is 4.21. The molecule has 6 nitrogen and oxygen atoms in total. The Morgan fingerprint density at radius 1 is 1.35 bits per heavy atom. The van der Waals surface area contributed by atoms with Gasteiger partial charge in [-0.15, -0.1) is 11.3 Å². The molecule has 112 valence electrons. The molecule has 3 N–H and O–H groups in total. The first-order valence-electron chi connectivity index (χ1n) is 6.40. The van der Waals surface area contributed by atoms with Gasteiger partial charge in [-0.05, 0) is 20.3 Å². The van der Waals surface area contributed by atoms with Crippen LogP contribution >= 0.6 is 11.3 Å². The zero-order valence-corrected chi connectivity index (χ0v) is 12.9. The van der Waals surface area contributed by atoms with Gasteiger partial charge in [-0.25, -0.2) is 9.59 Å². The van der Waals surface area contributed by atoms with Gasteiger partial charge in [-0.3, -0.25) is 0 Å². The Morgan fingerprint density at radius 2 is 2.00 bits per heavy atom. The molecular formula is C13H20N2O4S. The van der Waals surface area contributed by atoms with Gasteiger partial charge in [0.05, 0.1) is 19.4 Å². The van der Waals surface area contributed by atoms with E-state index in [1.807, 2.05) is 13.8 Å². The third-order valence-electron chi connectivity index (χ3n) is 2.79.